The van der Waals surface area contributed by atoms with Crippen molar-refractivity contribution in [3.05, 3.63) is 54.8 Å². The summed E-state index contributed by atoms with van der Waals surface area (Å²) >= 11 is 0. The monoisotopic (exact) mass is 226 g/mol. The molecule has 2 N–H and O–H groups in total. The fourth-order valence-electron chi connectivity index (χ4n) is 1.87. The highest BCUT2D eigenvalue weighted by Crippen LogP contribution is 2.22. The molecule has 2 rings (SSSR count). The van der Waals surface area contributed by atoms with Gasteiger partial charge in [-0.2, -0.15) is 0 Å². The van der Waals surface area contributed by atoms with Crippen molar-refractivity contribution in [1.82, 2.24) is 4.57 Å². The van der Waals surface area contributed by atoms with Gasteiger partial charge in [-0.05, 0) is 12.1 Å². The molecule has 0 saturated carbocycles. The Labute approximate surface area is 99.8 Å². The standard InChI is InChI=1S/C14H14N2O/c1-2-9-16-10-11(7-8-14(15)17)12-5-3-4-6-13(12)16/h2-8,10H,1,9H2,(H2,15,17)/b8-7-. The second kappa shape index (κ2) is 4.70. The summed E-state index contributed by atoms with van der Waals surface area (Å²) < 4.78 is 2.09. The zero-order valence-electron chi connectivity index (χ0n) is 9.47. The second-order valence-electron chi connectivity index (χ2n) is 3.78. The number of para-hydroxylation sites is 1. The quantitative estimate of drug-likeness (QED) is 0.631. The van der Waals surface area contributed by atoms with Crippen LogP contribution >= 0.6 is 0 Å². The molecule has 0 radical (unpaired) electrons. The number of nitrogens with two attached hydrogens (primary N) is 1. The zero-order chi connectivity index (χ0) is 12.3. The molecule has 0 aliphatic heterocycles. The van der Waals surface area contributed by atoms with E-state index in [-0.39, 0.29) is 0 Å². The van der Waals surface area contributed by atoms with E-state index in [0.29, 0.717) is 0 Å². The summed E-state index contributed by atoms with van der Waals surface area (Å²) in [4.78, 5) is 10.8. The number of carbonyl (C=O) groups excluding carboxylic acids is 1. The van der Waals surface area contributed by atoms with Gasteiger partial charge in [0.05, 0.1) is 0 Å². The number of nitrogens with zero attached hydrogens (tertiary/aromatic N) is 1. The number of amides is 1. The minimum absolute atomic E-state index is 0.439. The van der Waals surface area contributed by atoms with Crippen LogP contribution in [-0.2, 0) is 11.3 Å². The van der Waals surface area contributed by atoms with Crippen LogP contribution in [-0.4, -0.2) is 10.5 Å². The maximum atomic E-state index is 10.8. The molecule has 17 heavy (non-hydrogen) atoms. The molecule has 3 heteroatoms. The van der Waals surface area contributed by atoms with Crippen LogP contribution in [0.25, 0.3) is 17.0 Å². The lowest BCUT2D eigenvalue weighted by Crippen LogP contribution is -2.04. The highest BCUT2D eigenvalue weighted by atomic mass is 16.1. The van der Waals surface area contributed by atoms with Crippen LogP contribution in [0, 0.1) is 0 Å². The third-order valence-corrected chi connectivity index (χ3v) is 2.57. The van der Waals surface area contributed by atoms with E-state index in [0.717, 1.165) is 23.0 Å². The van der Waals surface area contributed by atoms with Gasteiger partial charge in [0.1, 0.15) is 0 Å². The molecule has 1 amide bonds. The first kappa shape index (κ1) is 11.2. The Morgan fingerprint density at radius 1 is 1.41 bits per heavy atom. The van der Waals surface area contributed by atoms with E-state index in [9.17, 15) is 4.79 Å². The molecular formula is C14H14N2O. The van der Waals surface area contributed by atoms with E-state index in [2.05, 4.69) is 11.1 Å². The van der Waals surface area contributed by atoms with Crippen LogP contribution in [0.2, 0.25) is 0 Å². The first-order valence-electron chi connectivity index (χ1n) is 5.38. The van der Waals surface area contributed by atoms with Crippen molar-refractivity contribution in [2.75, 3.05) is 0 Å². The number of hydrogen-bond acceptors (Lipinski definition) is 1. The average molecular weight is 226 g/mol. The van der Waals surface area contributed by atoms with Gasteiger partial charge in [-0.25, -0.2) is 0 Å². The van der Waals surface area contributed by atoms with Gasteiger partial charge in [0, 0.05) is 35.3 Å². The maximum Gasteiger partial charge on any atom is 0.241 e. The summed E-state index contributed by atoms with van der Waals surface area (Å²) in [6.45, 7) is 4.47. The van der Waals surface area contributed by atoms with E-state index in [4.69, 9.17) is 5.73 Å². The Morgan fingerprint density at radius 3 is 2.88 bits per heavy atom. The normalized spacial score (nSPS) is 11.1. The highest BCUT2D eigenvalue weighted by Gasteiger charge is 2.04. The topological polar surface area (TPSA) is 48.0 Å². The predicted octanol–water partition coefficient (Wildman–Crippen LogP) is 2.33. The summed E-state index contributed by atoms with van der Waals surface area (Å²) in [5, 5.41) is 1.10. The number of carbonyl (C=O) groups is 1. The van der Waals surface area contributed by atoms with Crippen molar-refractivity contribution in [3.63, 3.8) is 0 Å². The molecular weight excluding hydrogens is 212 g/mol. The number of rotatable bonds is 4. The Hall–Kier alpha value is -2.29. The molecule has 86 valence electrons. The molecule has 0 fully saturated rings. The van der Waals surface area contributed by atoms with E-state index < -0.39 is 5.91 Å². The van der Waals surface area contributed by atoms with E-state index >= 15 is 0 Å². The molecule has 0 aliphatic rings. The Kier molecular flexibility index (Phi) is 3.10. The third kappa shape index (κ3) is 2.28. The van der Waals surface area contributed by atoms with Crippen LogP contribution < -0.4 is 5.73 Å². The Bertz CT molecular complexity index is 593. The van der Waals surface area contributed by atoms with Crippen LogP contribution in [0.5, 0.6) is 0 Å². The van der Waals surface area contributed by atoms with E-state index in [1.165, 1.54) is 6.08 Å². The first-order valence-corrected chi connectivity index (χ1v) is 5.38. The van der Waals surface area contributed by atoms with Crippen molar-refractivity contribution >= 4 is 22.9 Å². The number of benzene rings is 1. The summed E-state index contributed by atoms with van der Waals surface area (Å²) in [6.07, 6.45) is 6.95. The van der Waals surface area contributed by atoms with Crippen molar-refractivity contribution in [1.29, 1.82) is 0 Å². The Balaban J connectivity index is 2.55. The molecule has 0 spiro atoms. The lowest BCUT2D eigenvalue weighted by atomic mass is 10.1. The molecule has 0 aliphatic carbocycles. The van der Waals surface area contributed by atoms with Gasteiger partial charge in [-0.3, -0.25) is 4.79 Å². The fraction of sp³-hybridized carbons (Fsp3) is 0.0714. The van der Waals surface area contributed by atoms with Crippen molar-refractivity contribution in [3.8, 4) is 0 Å². The number of fused-ring (bicyclic) bond motifs is 1. The lowest BCUT2D eigenvalue weighted by Gasteiger charge is -1.98. The number of primary amides is 1. The number of allylic oxidation sites excluding steroid dienone is 1. The zero-order valence-corrected chi connectivity index (χ0v) is 9.47. The van der Waals surface area contributed by atoms with Crippen molar-refractivity contribution < 1.29 is 4.79 Å². The van der Waals surface area contributed by atoms with Gasteiger partial charge >= 0.3 is 0 Å². The molecule has 1 aromatic heterocycles. The van der Waals surface area contributed by atoms with Crippen molar-refractivity contribution in [2.24, 2.45) is 5.73 Å². The smallest absolute Gasteiger partial charge is 0.241 e. The highest BCUT2D eigenvalue weighted by molar-refractivity contribution is 5.95. The van der Waals surface area contributed by atoms with Gasteiger partial charge in [-0.15, -0.1) is 6.58 Å². The summed E-state index contributed by atoms with van der Waals surface area (Å²) in [5.41, 5.74) is 7.21. The number of hydrogen-bond donors (Lipinski definition) is 1. The van der Waals surface area contributed by atoms with Gasteiger partial charge in [0.25, 0.3) is 0 Å². The summed E-state index contributed by atoms with van der Waals surface area (Å²) in [5.74, 6) is -0.439. The van der Waals surface area contributed by atoms with Gasteiger partial charge in [0.2, 0.25) is 5.91 Å². The van der Waals surface area contributed by atoms with Crippen LogP contribution in [0.15, 0.2) is 49.2 Å². The molecule has 0 unspecified atom stereocenters. The molecule has 0 saturated heterocycles. The SMILES string of the molecule is C=CCn1cc(/C=C\C(N)=O)c2ccccc21. The maximum absolute atomic E-state index is 10.8. The largest absolute Gasteiger partial charge is 0.366 e. The number of aromatic nitrogens is 1. The van der Waals surface area contributed by atoms with Gasteiger partial charge in [-0.1, -0.05) is 24.3 Å². The van der Waals surface area contributed by atoms with Gasteiger partial charge < -0.3 is 10.3 Å². The minimum Gasteiger partial charge on any atom is -0.366 e. The minimum atomic E-state index is -0.439. The molecule has 2 aromatic rings. The third-order valence-electron chi connectivity index (χ3n) is 2.57. The van der Waals surface area contributed by atoms with Gasteiger partial charge in [0.15, 0.2) is 0 Å². The summed E-state index contributed by atoms with van der Waals surface area (Å²) in [7, 11) is 0. The molecule has 1 heterocycles. The lowest BCUT2D eigenvalue weighted by molar-refractivity contribution is -0.113. The Morgan fingerprint density at radius 2 is 2.18 bits per heavy atom. The molecule has 3 nitrogen and oxygen atoms in total. The van der Waals surface area contributed by atoms with Crippen LogP contribution in [0.4, 0.5) is 0 Å². The molecule has 0 atom stereocenters. The van der Waals surface area contributed by atoms with Crippen LogP contribution in [0.1, 0.15) is 5.56 Å². The summed E-state index contributed by atoms with van der Waals surface area (Å²) in [6, 6.07) is 8.03. The van der Waals surface area contributed by atoms with Crippen LogP contribution in [0.3, 0.4) is 0 Å². The second-order valence-corrected chi connectivity index (χ2v) is 3.78. The fourth-order valence-corrected chi connectivity index (χ4v) is 1.87. The molecule has 1 aromatic carbocycles. The van der Waals surface area contributed by atoms with Crippen molar-refractivity contribution in [2.45, 2.75) is 6.54 Å². The predicted molar refractivity (Wildman–Crippen MR) is 70.4 cm³/mol. The van der Waals surface area contributed by atoms with E-state index in [1.54, 1.807) is 6.08 Å². The average Bonchev–Trinajstić information content (AvgIpc) is 2.66. The molecule has 0 bridgehead atoms. The van der Waals surface area contributed by atoms with E-state index in [1.807, 2.05) is 36.5 Å². The first-order chi connectivity index (χ1) is 8.22.